The second kappa shape index (κ2) is 18.7. The minimum absolute atomic E-state index is 0.0310. The van der Waals surface area contributed by atoms with E-state index >= 15 is 4.39 Å². The monoisotopic (exact) mass is 963 g/mol. The summed E-state index contributed by atoms with van der Waals surface area (Å²) in [7, 11) is 1.67. The molecule has 6 aromatic carbocycles. The molecule has 0 N–H and O–H groups in total. The highest BCUT2D eigenvalue weighted by Gasteiger charge is 2.48. The first-order chi connectivity index (χ1) is 34.8. The van der Waals surface area contributed by atoms with Crippen LogP contribution in [0.3, 0.4) is 0 Å². The van der Waals surface area contributed by atoms with Gasteiger partial charge < -0.3 is 28.7 Å². The van der Waals surface area contributed by atoms with Crippen molar-refractivity contribution >= 4 is 33.6 Å². The Morgan fingerprint density at radius 3 is 1.94 bits per heavy atom. The zero-order chi connectivity index (χ0) is 49.9. The Morgan fingerprint density at radius 1 is 0.778 bits per heavy atom. The Bertz CT molecular complexity index is 3170. The quantitative estimate of drug-likeness (QED) is 0.0996. The van der Waals surface area contributed by atoms with Gasteiger partial charge >= 0.3 is 6.09 Å². The van der Waals surface area contributed by atoms with Crippen molar-refractivity contribution in [1.29, 1.82) is 0 Å². The molecule has 368 valence electrons. The molecule has 2 aliphatic heterocycles. The van der Waals surface area contributed by atoms with Crippen LogP contribution in [-0.4, -0.2) is 76.4 Å². The number of amides is 1. The van der Waals surface area contributed by atoms with Crippen molar-refractivity contribution in [2.24, 2.45) is 0 Å². The van der Waals surface area contributed by atoms with Crippen LogP contribution in [0.5, 0.6) is 11.6 Å². The summed E-state index contributed by atoms with van der Waals surface area (Å²) in [6.07, 6.45) is 3.95. The molecule has 11 rings (SSSR count). The fourth-order valence-electron chi connectivity index (χ4n) is 11.1. The lowest BCUT2D eigenvalue weighted by Gasteiger charge is -2.37. The summed E-state index contributed by atoms with van der Waals surface area (Å²) in [5, 5.41) is 7.13. The number of rotatable bonds is 14. The van der Waals surface area contributed by atoms with Gasteiger partial charge in [0.15, 0.2) is 5.75 Å². The van der Waals surface area contributed by atoms with E-state index in [0.717, 1.165) is 69.1 Å². The van der Waals surface area contributed by atoms with E-state index in [0.29, 0.717) is 46.9 Å². The molecule has 0 unspecified atom stereocenters. The number of aromatic nitrogens is 3. The van der Waals surface area contributed by atoms with Gasteiger partial charge in [-0.25, -0.2) is 14.2 Å². The van der Waals surface area contributed by atoms with Gasteiger partial charge in [0, 0.05) is 66.5 Å². The number of benzene rings is 6. The third kappa shape index (κ3) is 8.51. The number of ether oxygens (including phenoxy) is 4. The van der Waals surface area contributed by atoms with Crippen LogP contribution >= 0.6 is 0 Å². The molecule has 4 heterocycles. The lowest BCUT2D eigenvalue weighted by Crippen LogP contribution is -2.50. The van der Waals surface area contributed by atoms with Crippen molar-refractivity contribution < 1.29 is 28.1 Å². The predicted octanol–water partition coefficient (Wildman–Crippen LogP) is 13.2. The number of nitrogens with zero attached hydrogens (tertiary/aromatic N) is 5. The zero-order valence-corrected chi connectivity index (χ0v) is 42.1. The largest absolute Gasteiger partial charge is 0.483 e. The number of anilines is 1. The van der Waals surface area contributed by atoms with Crippen LogP contribution in [0.25, 0.3) is 32.9 Å². The Kier molecular flexibility index (Phi) is 12.3. The van der Waals surface area contributed by atoms with E-state index < -0.39 is 17.2 Å². The molecular weight excluding hydrogens is 902 g/mol. The van der Waals surface area contributed by atoms with E-state index in [9.17, 15) is 4.79 Å². The third-order valence-corrected chi connectivity index (χ3v) is 14.8. The van der Waals surface area contributed by atoms with E-state index in [1.165, 1.54) is 0 Å². The Hall–Kier alpha value is -7.24. The average Bonchev–Trinajstić information content (AvgIpc) is 3.83. The van der Waals surface area contributed by atoms with Crippen molar-refractivity contribution in [2.75, 3.05) is 31.7 Å². The number of halogens is 1. The van der Waals surface area contributed by atoms with Crippen LogP contribution in [0, 0.1) is 12.7 Å². The minimum Gasteiger partial charge on any atom is -0.483 e. The number of hydrogen-bond acceptors (Lipinski definition) is 8. The van der Waals surface area contributed by atoms with Crippen LogP contribution < -0.4 is 14.4 Å². The molecule has 72 heavy (non-hydrogen) atoms. The average molecular weight is 964 g/mol. The first-order valence-corrected chi connectivity index (χ1v) is 25.3. The second-order valence-corrected chi connectivity index (χ2v) is 20.8. The lowest BCUT2D eigenvalue weighted by atomic mass is 9.77. The molecule has 3 aliphatic rings. The summed E-state index contributed by atoms with van der Waals surface area (Å²) < 4.78 is 44.8. The van der Waals surface area contributed by atoms with E-state index in [4.69, 9.17) is 29.0 Å². The smallest absolute Gasteiger partial charge is 0.410 e. The van der Waals surface area contributed by atoms with Gasteiger partial charge in [0.25, 0.3) is 0 Å². The molecule has 2 saturated heterocycles. The maximum absolute atomic E-state index is 17.2. The normalized spacial score (nSPS) is 17.7. The zero-order valence-electron chi connectivity index (χ0n) is 42.1. The van der Waals surface area contributed by atoms with Gasteiger partial charge in [0.05, 0.1) is 23.3 Å². The summed E-state index contributed by atoms with van der Waals surface area (Å²) in [6, 6.07) is 47.3. The molecular formula is C61H62FN5O5. The summed E-state index contributed by atoms with van der Waals surface area (Å²) in [5.74, 6) is 0.800. The SMILES string of the molecule is CO[C@@H](C)COc1cc(N2C[C@@H]3C[C@H]2CN3C(=O)OC(C)(C)C)c2cc(C3CC3)c(-c3c(C)c(F)cc4nn(C(c5ccccc5)(c5ccccc5)c5ccccc5)cc34)c(O[C@@H](C)c3ccccc3)c2n1. The van der Waals surface area contributed by atoms with Gasteiger partial charge in [-0.15, -0.1) is 0 Å². The molecule has 0 spiro atoms. The molecule has 4 atom stereocenters. The number of pyridine rings is 1. The standard InChI is InChI=1S/C61H62FN5O5/c1-38(69-7)37-70-54-33-53(65-34-47-30-46(65)35-66(47)59(68)72-60(4,5)6)49-31-48(42-28-29-42)56(58(57(49)63-54)71-40(3)41-20-12-8-13-21-41)55-39(2)51(62)32-52-50(55)36-67(64-52)61(43-22-14-9-15-23-43,44-24-16-10-17-25-44)45-26-18-11-19-27-45/h8-27,31-33,36,38,40,42,46-47H,28-30,34-35,37H2,1-7H3/t38-,40-,46-,47-/m0/s1. The fourth-order valence-corrected chi connectivity index (χ4v) is 11.1. The predicted molar refractivity (Wildman–Crippen MR) is 282 cm³/mol. The maximum atomic E-state index is 17.2. The van der Waals surface area contributed by atoms with Crippen LogP contribution in [0.4, 0.5) is 14.9 Å². The van der Waals surface area contributed by atoms with E-state index in [1.807, 2.05) is 86.7 Å². The fraction of sp³-hybridized carbons (Fsp3) is 0.328. The van der Waals surface area contributed by atoms with Crippen LogP contribution in [-0.2, 0) is 15.0 Å². The van der Waals surface area contributed by atoms with Crippen LogP contribution in [0.15, 0.2) is 146 Å². The van der Waals surface area contributed by atoms with Gasteiger partial charge in [-0.05, 0) is 106 Å². The summed E-state index contributed by atoms with van der Waals surface area (Å²) in [6.45, 7) is 13.0. The van der Waals surface area contributed by atoms with Crippen molar-refractivity contribution in [1.82, 2.24) is 19.7 Å². The molecule has 8 aromatic rings. The number of hydrogen-bond donors (Lipinski definition) is 0. The van der Waals surface area contributed by atoms with E-state index in [1.54, 1.807) is 13.2 Å². The first kappa shape index (κ1) is 47.1. The molecule has 1 amide bonds. The van der Waals surface area contributed by atoms with Crippen LogP contribution in [0.1, 0.15) is 99.3 Å². The number of carbonyl (C=O) groups is 1. The van der Waals surface area contributed by atoms with E-state index in [2.05, 4.69) is 109 Å². The molecule has 2 aromatic heterocycles. The molecule has 1 aliphatic carbocycles. The highest BCUT2D eigenvalue weighted by molar-refractivity contribution is 6.07. The molecule has 0 radical (unpaired) electrons. The summed E-state index contributed by atoms with van der Waals surface area (Å²) in [5.41, 5.74) is 7.64. The van der Waals surface area contributed by atoms with E-state index in [-0.39, 0.29) is 42.6 Å². The Morgan fingerprint density at radius 2 is 1.39 bits per heavy atom. The van der Waals surface area contributed by atoms with Crippen molar-refractivity contribution in [3.05, 3.63) is 185 Å². The van der Waals surface area contributed by atoms with Crippen molar-refractivity contribution in [3.63, 3.8) is 0 Å². The Labute approximate surface area is 421 Å². The summed E-state index contributed by atoms with van der Waals surface area (Å²) >= 11 is 0. The maximum Gasteiger partial charge on any atom is 0.410 e. The van der Waals surface area contributed by atoms with Gasteiger partial charge in [-0.3, -0.25) is 4.68 Å². The number of fused-ring (bicyclic) bond motifs is 4. The topological polar surface area (TPSA) is 91.2 Å². The van der Waals surface area contributed by atoms with Gasteiger partial charge in [-0.2, -0.15) is 5.10 Å². The molecule has 11 heteroatoms. The number of carbonyl (C=O) groups excluding carboxylic acids is 1. The molecule has 2 bridgehead atoms. The molecule has 1 saturated carbocycles. The second-order valence-electron chi connectivity index (χ2n) is 20.8. The Balaban J connectivity index is 1.18. The van der Waals surface area contributed by atoms with Crippen molar-refractivity contribution in [2.45, 2.75) is 102 Å². The number of likely N-dealkylation sites (tertiary alicyclic amines) is 1. The van der Waals surface area contributed by atoms with Crippen LogP contribution in [0.2, 0.25) is 0 Å². The third-order valence-electron chi connectivity index (χ3n) is 14.8. The lowest BCUT2D eigenvalue weighted by molar-refractivity contribution is 0.0214. The van der Waals surface area contributed by atoms with Gasteiger partial charge in [0.1, 0.15) is 35.2 Å². The minimum atomic E-state index is -0.940. The number of piperazine rings is 1. The molecule has 10 nitrogen and oxygen atoms in total. The highest BCUT2D eigenvalue weighted by atomic mass is 19.1. The van der Waals surface area contributed by atoms with Gasteiger partial charge in [0.2, 0.25) is 5.88 Å². The first-order valence-electron chi connectivity index (χ1n) is 25.3. The molecule has 3 fully saturated rings. The van der Waals surface area contributed by atoms with Crippen molar-refractivity contribution in [3.8, 4) is 22.8 Å². The van der Waals surface area contributed by atoms with Gasteiger partial charge in [-0.1, -0.05) is 121 Å². The number of methoxy groups -OCH3 is 1. The highest BCUT2D eigenvalue weighted by Crippen LogP contribution is 2.55. The summed E-state index contributed by atoms with van der Waals surface area (Å²) in [4.78, 5) is 23.2.